The van der Waals surface area contributed by atoms with Gasteiger partial charge in [-0.25, -0.2) is 19.2 Å². The fourth-order valence-corrected chi connectivity index (χ4v) is 3.92. The highest BCUT2D eigenvalue weighted by atomic mass is 19.4. The Bertz CT molecular complexity index is 1190. The second-order valence-electron chi connectivity index (χ2n) is 8.77. The fourth-order valence-electron chi connectivity index (χ4n) is 3.92. The fraction of sp³-hybridized carbons (Fsp3) is 0.500. The summed E-state index contributed by atoms with van der Waals surface area (Å²) in [4.78, 5) is 19.6. The topological polar surface area (TPSA) is 109 Å². The van der Waals surface area contributed by atoms with Crippen LogP contribution in [-0.4, -0.2) is 48.5 Å². The number of hydrogen-bond acceptors (Lipinski definition) is 6. The maximum atomic E-state index is 14.5. The van der Waals surface area contributed by atoms with E-state index < -0.39 is 30.2 Å². The zero-order valence-electron chi connectivity index (χ0n) is 17.5. The van der Waals surface area contributed by atoms with Gasteiger partial charge in [0.15, 0.2) is 11.5 Å². The zero-order valence-corrected chi connectivity index (χ0v) is 17.5. The molecule has 9 nitrogen and oxygen atoms in total. The van der Waals surface area contributed by atoms with Gasteiger partial charge in [0.2, 0.25) is 5.95 Å². The van der Waals surface area contributed by atoms with Gasteiger partial charge in [0.1, 0.15) is 17.9 Å². The number of halogens is 4. The molecule has 0 saturated heterocycles. The van der Waals surface area contributed by atoms with Crippen LogP contribution >= 0.6 is 0 Å². The lowest BCUT2D eigenvalue weighted by Crippen LogP contribution is -2.38. The Kier molecular flexibility index (Phi) is 4.94. The first-order chi connectivity index (χ1) is 15.6. The minimum Gasteiger partial charge on any atom is -0.443 e. The molecule has 2 saturated carbocycles. The van der Waals surface area contributed by atoms with E-state index in [4.69, 9.17) is 4.74 Å². The molecule has 33 heavy (non-hydrogen) atoms. The smallest absolute Gasteiger partial charge is 0.434 e. The summed E-state index contributed by atoms with van der Waals surface area (Å²) in [6, 6.07) is 2.99. The predicted octanol–water partition coefficient (Wildman–Crippen LogP) is 4.08. The van der Waals surface area contributed by atoms with Crippen molar-refractivity contribution in [3.05, 3.63) is 35.9 Å². The first kappa shape index (κ1) is 21.5. The van der Waals surface area contributed by atoms with Crippen LogP contribution in [0.3, 0.4) is 0 Å². The van der Waals surface area contributed by atoms with Crippen LogP contribution in [0.2, 0.25) is 0 Å². The molecule has 3 N–H and O–H groups in total. The number of nitrogens with one attached hydrogen (secondary N) is 3. The lowest BCUT2D eigenvalue weighted by atomic mass is 10.0. The number of anilines is 2. The average Bonchev–Trinajstić information content (AvgIpc) is 3.13. The molecule has 3 aromatic rings. The lowest BCUT2D eigenvalue weighted by molar-refractivity contribution is -0.140. The third-order valence-corrected chi connectivity index (χ3v) is 6.04. The number of amides is 1. The number of rotatable bonds is 5. The minimum absolute atomic E-state index is 0.0740. The minimum atomic E-state index is -4.58. The molecule has 2 aliphatic carbocycles. The van der Waals surface area contributed by atoms with Gasteiger partial charge in [-0.15, -0.1) is 0 Å². The van der Waals surface area contributed by atoms with Gasteiger partial charge in [0.25, 0.3) is 0 Å². The number of imidazole rings is 1. The van der Waals surface area contributed by atoms with Crippen LogP contribution in [0.25, 0.3) is 5.65 Å². The molecule has 0 aromatic carbocycles. The first-order valence-corrected chi connectivity index (χ1v) is 10.5. The summed E-state index contributed by atoms with van der Waals surface area (Å²) >= 11 is 0. The Morgan fingerprint density at radius 2 is 2.12 bits per heavy atom. The van der Waals surface area contributed by atoms with Crippen molar-refractivity contribution in [1.29, 1.82) is 0 Å². The second kappa shape index (κ2) is 7.59. The number of H-pyrrole nitrogens is 1. The Balaban J connectivity index is 1.26. The van der Waals surface area contributed by atoms with Crippen LogP contribution in [0.5, 0.6) is 0 Å². The maximum absolute atomic E-state index is 14.5. The quantitative estimate of drug-likeness (QED) is 0.488. The molecule has 0 aliphatic heterocycles. The monoisotopic (exact) mass is 467 g/mol. The van der Waals surface area contributed by atoms with Crippen LogP contribution in [-0.2, 0) is 10.9 Å². The number of carbonyl (C=O) groups excluding carboxylic acids is 1. The van der Waals surface area contributed by atoms with Crippen molar-refractivity contribution >= 4 is 23.5 Å². The summed E-state index contributed by atoms with van der Waals surface area (Å²) in [5.41, 5.74) is -0.593. The Hall–Kier alpha value is -3.38. The third kappa shape index (κ3) is 4.44. The largest absolute Gasteiger partial charge is 0.443 e. The van der Waals surface area contributed by atoms with Crippen molar-refractivity contribution in [3.8, 4) is 0 Å². The molecular weight excluding hydrogens is 446 g/mol. The van der Waals surface area contributed by atoms with Gasteiger partial charge in [0, 0.05) is 35.6 Å². The molecule has 5 rings (SSSR count). The molecule has 13 heteroatoms. The van der Waals surface area contributed by atoms with Gasteiger partial charge >= 0.3 is 12.3 Å². The molecule has 1 amide bonds. The number of carbonyl (C=O) groups is 1. The van der Waals surface area contributed by atoms with Crippen molar-refractivity contribution < 1.29 is 27.1 Å². The van der Waals surface area contributed by atoms with E-state index in [1.165, 1.54) is 16.7 Å². The molecule has 0 bridgehead atoms. The van der Waals surface area contributed by atoms with E-state index in [1.807, 2.05) is 6.92 Å². The summed E-state index contributed by atoms with van der Waals surface area (Å²) in [5, 5.41) is 12.5. The summed E-state index contributed by atoms with van der Waals surface area (Å²) in [5.74, 6) is 0.132. The van der Waals surface area contributed by atoms with Crippen molar-refractivity contribution in [2.24, 2.45) is 0 Å². The van der Waals surface area contributed by atoms with Crippen molar-refractivity contribution in [3.63, 3.8) is 0 Å². The van der Waals surface area contributed by atoms with Gasteiger partial charge in [-0.05, 0) is 38.7 Å². The van der Waals surface area contributed by atoms with Crippen LogP contribution < -0.4 is 10.6 Å². The highest BCUT2D eigenvalue weighted by Gasteiger charge is 2.42. The second-order valence-corrected chi connectivity index (χ2v) is 8.77. The van der Waals surface area contributed by atoms with E-state index in [9.17, 15) is 22.4 Å². The van der Waals surface area contributed by atoms with Gasteiger partial charge in [0.05, 0.1) is 0 Å². The SMILES string of the molecule is CC1(NC(=O)O[C@H]2C[C@@H](c3cc(Nc4nccc5nc(C(F)(F)F)cn45)n[nH]3)C[C@H]2F)CC1. The molecule has 3 atom stereocenters. The zero-order chi connectivity index (χ0) is 23.4. The number of fused-ring (bicyclic) bond motifs is 1. The predicted molar refractivity (Wildman–Crippen MR) is 108 cm³/mol. The number of ether oxygens (including phenoxy) is 1. The Labute approximate surface area is 184 Å². The van der Waals surface area contributed by atoms with Crippen LogP contribution in [0.4, 0.5) is 34.1 Å². The standard InChI is InChI=1S/C20H21F4N7O2/c1-19(3-4-19)28-18(32)33-13-7-10(6-11(13)21)12-8-15(30-29-12)27-17-25-5-2-16-26-14(9-31(16)17)20(22,23)24/h2,5,8-11,13H,3-4,6-7H2,1H3,(H,28,32)(H2,25,27,29,30)/t10-,11+,13-/m0/s1. The molecule has 0 radical (unpaired) electrons. The van der Waals surface area contributed by atoms with Gasteiger partial charge in [-0.3, -0.25) is 9.50 Å². The number of alkyl halides is 4. The van der Waals surface area contributed by atoms with Crippen molar-refractivity contribution in [2.45, 2.75) is 62.5 Å². The number of aromatic amines is 1. The molecule has 2 fully saturated rings. The molecular formula is C20H21F4N7O2. The third-order valence-electron chi connectivity index (χ3n) is 6.04. The number of nitrogens with zero attached hydrogens (tertiary/aromatic N) is 4. The normalized spacial score (nSPS) is 24.1. The number of aromatic nitrogens is 5. The first-order valence-electron chi connectivity index (χ1n) is 10.5. The van der Waals surface area contributed by atoms with Gasteiger partial charge in [-0.1, -0.05) is 0 Å². The summed E-state index contributed by atoms with van der Waals surface area (Å²) in [6.07, 6.45) is -3.01. The van der Waals surface area contributed by atoms with E-state index in [0.717, 1.165) is 19.0 Å². The number of alkyl carbamates (subject to hydrolysis) is 1. The van der Waals surface area contributed by atoms with Crippen LogP contribution in [0.1, 0.15) is 49.9 Å². The summed E-state index contributed by atoms with van der Waals surface area (Å²) in [7, 11) is 0. The maximum Gasteiger partial charge on any atom is 0.434 e. The van der Waals surface area contributed by atoms with Crippen molar-refractivity contribution in [2.75, 3.05) is 5.32 Å². The summed E-state index contributed by atoms with van der Waals surface area (Å²) in [6.45, 7) is 1.90. The average molecular weight is 467 g/mol. The summed E-state index contributed by atoms with van der Waals surface area (Å²) < 4.78 is 59.9. The lowest BCUT2D eigenvalue weighted by Gasteiger charge is -2.17. The van der Waals surface area contributed by atoms with E-state index in [-0.39, 0.29) is 35.9 Å². The van der Waals surface area contributed by atoms with Crippen LogP contribution in [0, 0.1) is 0 Å². The van der Waals surface area contributed by atoms with Gasteiger partial charge < -0.3 is 15.4 Å². The Morgan fingerprint density at radius 1 is 1.33 bits per heavy atom. The van der Waals surface area contributed by atoms with E-state index in [1.54, 1.807) is 6.07 Å². The number of hydrogen-bond donors (Lipinski definition) is 3. The highest BCUT2D eigenvalue weighted by molar-refractivity contribution is 5.69. The molecule has 3 heterocycles. The Morgan fingerprint density at radius 3 is 2.85 bits per heavy atom. The van der Waals surface area contributed by atoms with E-state index >= 15 is 0 Å². The highest BCUT2D eigenvalue weighted by Crippen LogP contribution is 2.39. The van der Waals surface area contributed by atoms with E-state index in [2.05, 4.69) is 30.8 Å². The van der Waals surface area contributed by atoms with Crippen molar-refractivity contribution in [1.82, 2.24) is 29.9 Å². The van der Waals surface area contributed by atoms with Gasteiger partial charge in [-0.2, -0.15) is 18.3 Å². The van der Waals surface area contributed by atoms with Crippen LogP contribution in [0.15, 0.2) is 24.5 Å². The molecule has 3 aromatic heterocycles. The van der Waals surface area contributed by atoms with E-state index in [0.29, 0.717) is 11.5 Å². The molecule has 176 valence electrons. The molecule has 0 unspecified atom stereocenters. The molecule has 2 aliphatic rings. The molecule has 0 spiro atoms.